The number of urea groups is 1. The Morgan fingerprint density at radius 2 is 2.28 bits per heavy atom. The van der Waals surface area contributed by atoms with Gasteiger partial charge >= 0.3 is 6.03 Å². The number of carbonyl (C=O) groups excluding carboxylic acids is 1. The minimum Gasteiger partial charge on any atom is -0.443 e. The molecule has 0 spiro atoms. The Morgan fingerprint density at radius 3 is 2.92 bits per heavy atom. The number of nitrogens with zero attached hydrogens (tertiary/aromatic N) is 3. The van der Waals surface area contributed by atoms with E-state index >= 15 is 0 Å². The summed E-state index contributed by atoms with van der Waals surface area (Å²) in [5.41, 5.74) is 0.130. The largest absolute Gasteiger partial charge is 0.443 e. The second-order valence-corrected chi connectivity index (χ2v) is 6.95. The van der Waals surface area contributed by atoms with Gasteiger partial charge in [0.2, 0.25) is 11.8 Å². The number of carbonyl (C=O) groups is 1. The van der Waals surface area contributed by atoms with Crippen LogP contribution in [0.25, 0.3) is 10.8 Å². The summed E-state index contributed by atoms with van der Waals surface area (Å²) < 4.78 is 10.5. The van der Waals surface area contributed by atoms with Crippen LogP contribution in [0.1, 0.15) is 36.7 Å². The molecule has 0 aliphatic heterocycles. The van der Waals surface area contributed by atoms with Crippen molar-refractivity contribution in [3.05, 3.63) is 41.2 Å². The topological polar surface area (TPSA) is 106 Å². The van der Waals surface area contributed by atoms with E-state index in [1.165, 1.54) is 0 Å². The van der Waals surface area contributed by atoms with E-state index in [2.05, 4.69) is 25.8 Å². The first-order valence-electron chi connectivity index (χ1n) is 8.00. The van der Waals surface area contributed by atoms with Crippen LogP contribution in [0.15, 0.2) is 32.7 Å². The zero-order valence-corrected chi connectivity index (χ0v) is 14.4. The predicted octanol–water partition coefficient (Wildman–Crippen LogP) is 2.97. The first-order chi connectivity index (χ1) is 12.1. The van der Waals surface area contributed by atoms with Crippen molar-refractivity contribution in [2.75, 3.05) is 0 Å². The van der Waals surface area contributed by atoms with Crippen molar-refractivity contribution in [2.45, 2.75) is 38.3 Å². The molecule has 1 aliphatic rings. The van der Waals surface area contributed by atoms with E-state index in [1.807, 2.05) is 17.5 Å². The molecule has 25 heavy (non-hydrogen) atoms. The highest BCUT2D eigenvalue weighted by Gasteiger charge is 2.44. The average molecular weight is 359 g/mol. The lowest BCUT2D eigenvalue weighted by Gasteiger charge is -2.39. The van der Waals surface area contributed by atoms with Gasteiger partial charge in [0.25, 0.3) is 0 Å². The standard InChI is InChI=1S/C16H17N5O3S/c1-10-18-14(21-24-10)16(5-3-6-16)20-15(22)17-8-11-9-23-13(19-11)12-4-2-7-25-12/h2,4,7,9H,3,5-6,8H2,1H3,(H2,17,20,22). The fraction of sp³-hybridized carbons (Fsp3) is 0.375. The SMILES string of the molecule is Cc1nc(C2(NC(=O)NCc3coc(-c4cccs4)n3)CCC2)no1. The Balaban J connectivity index is 1.36. The number of hydrogen-bond donors (Lipinski definition) is 2. The molecular formula is C16H17N5O3S. The Morgan fingerprint density at radius 1 is 1.40 bits per heavy atom. The summed E-state index contributed by atoms with van der Waals surface area (Å²) in [6.07, 6.45) is 4.16. The predicted molar refractivity (Wildman–Crippen MR) is 89.8 cm³/mol. The van der Waals surface area contributed by atoms with Gasteiger partial charge < -0.3 is 19.6 Å². The number of aromatic nitrogens is 3. The van der Waals surface area contributed by atoms with Crippen LogP contribution >= 0.6 is 11.3 Å². The molecule has 3 heterocycles. The van der Waals surface area contributed by atoms with Gasteiger partial charge in [-0.15, -0.1) is 11.3 Å². The quantitative estimate of drug-likeness (QED) is 0.725. The molecule has 3 aromatic heterocycles. The van der Waals surface area contributed by atoms with Crippen LogP contribution in [-0.4, -0.2) is 21.2 Å². The van der Waals surface area contributed by atoms with Gasteiger partial charge in [0, 0.05) is 6.92 Å². The van der Waals surface area contributed by atoms with Crippen LogP contribution in [0, 0.1) is 6.92 Å². The summed E-state index contributed by atoms with van der Waals surface area (Å²) in [6, 6.07) is 3.59. The highest BCUT2D eigenvalue weighted by atomic mass is 32.1. The molecular weight excluding hydrogens is 342 g/mol. The van der Waals surface area contributed by atoms with Gasteiger partial charge in [0.15, 0.2) is 5.82 Å². The normalized spacial score (nSPS) is 15.6. The number of rotatable bonds is 5. The van der Waals surface area contributed by atoms with E-state index in [-0.39, 0.29) is 12.6 Å². The first kappa shape index (κ1) is 15.8. The number of amides is 2. The van der Waals surface area contributed by atoms with Gasteiger partial charge in [-0.1, -0.05) is 11.2 Å². The second kappa shape index (κ2) is 6.32. The van der Waals surface area contributed by atoms with Crippen molar-refractivity contribution in [2.24, 2.45) is 0 Å². The number of thiophene rings is 1. The summed E-state index contributed by atoms with van der Waals surface area (Å²) in [6.45, 7) is 2.01. The van der Waals surface area contributed by atoms with Crippen molar-refractivity contribution < 1.29 is 13.7 Å². The van der Waals surface area contributed by atoms with E-state index in [9.17, 15) is 4.79 Å². The minimum absolute atomic E-state index is 0.280. The molecule has 9 heteroatoms. The zero-order chi connectivity index (χ0) is 17.3. The van der Waals surface area contributed by atoms with E-state index in [1.54, 1.807) is 24.5 Å². The third-order valence-corrected chi connectivity index (χ3v) is 5.09. The number of aryl methyl sites for hydroxylation is 1. The molecule has 2 amide bonds. The smallest absolute Gasteiger partial charge is 0.315 e. The molecule has 1 saturated carbocycles. The molecule has 1 fully saturated rings. The maximum absolute atomic E-state index is 12.3. The van der Waals surface area contributed by atoms with Gasteiger partial charge in [-0.25, -0.2) is 9.78 Å². The monoisotopic (exact) mass is 359 g/mol. The fourth-order valence-corrected chi connectivity index (χ4v) is 3.42. The Kier molecular flexibility index (Phi) is 4.00. The second-order valence-electron chi connectivity index (χ2n) is 6.00. The van der Waals surface area contributed by atoms with E-state index in [0.717, 1.165) is 24.1 Å². The molecule has 130 valence electrons. The molecule has 4 rings (SSSR count). The molecule has 3 aromatic rings. The van der Waals surface area contributed by atoms with Crippen LogP contribution in [0.5, 0.6) is 0 Å². The number of hydrogen-bond acceptors (Lipinski definition) is 7. The molecule has 0 atom stereocenters. The average Bonchev–Trinajstić information content (AvgIpc) is 3.29. The van der Waals surface area contributed by atoms with Crippen LogP contribution in [0.3, 0.4) is 0 Å². The lowest BCUT2D eigenvalue weighted by atomic mass is 9.76. The van der Waals surface area contributed by atoms with E-state index in [0.29, 0.717) is 23.3 Å². The summed E-state index contributed by atoms with van der Waals surface area (Å²) in [5, 5.41) is 11.7. The molecule has 8 nitrogen and oxygen atoms in total. The molecule has 1 aliphatic carbocycles. The minimum atomic E-state index is -0.534. The molecule has 0 saturated heterocycles. The number of nitrogens with one attached hydrogen (secondary N) is 2. The van der Waals surface area contributed by atoms with Gasteiger partial charge in [0.1, 0.15) is 11.8 Å². The summed E-state index contributed by atoms with van der Waals surface area (Å²) in [5.74, 6) is 1.59. The maximum Gasteiger partial charge on any atom is 0.315 e. The third-order valence-electron chi connectivity index (χ3n) is 4.23. The van der Waals surface area contributed by atoms with E-state index < -0.39 is 5.54 Å². The van der Waals surface area contributed by atoms with Crippen molar-refractivity contribution in [1.29, 1.82) is 0 Å². The molecule has 0 radical (unpaired) electrons. The maximum atomic E-state index is 12.3. The van der Waals surface area contributed by atoms with Gasteiger partial charge in [0.05, 0.1) is 17.1 Å². The lowest BCUT2D eigenvalue weighted by molar-refractivity contribution is 0.165. The van der Waals surface area contributed by atoms with Crippen molar-refractivity contribution in [3.8, 4) is 10.8 Å². The van der Waals surface area contributed by atoms with Gasteiger partial charge in [-0.2, -0.15) is 4.98 Å². The van der Waals surface area contributed by atoms with Gasteiger partial charge in [-0.05, 0) is 30.7 Å². The van der Waals surface area contributed by atoms with Crippen LogP contribution in [0.2, 0.25) is 0 Å². The summed E-state index contributed by atoms with van der Waals surface area (Å²) >= 11 is 1.55. The first-order valence-corrected chi connectivity index (χ1v) is 8.88. The molecule has 0 aromatic carbocycles. The fourth-order valence-electron chi connectivity index (χ4n) is 2.76. The molecule has 0 bridgehead atoms. The summed E-state index contributed by atoms with van der Waals surface area (Å²) in [4.78, 5) is 21.9. The highest BCUT2D eigenvalue weighted by Crippen LogP contribution is 2.39. The Labute approximate surface area is 147 Å². The zero-order valence-electron chi connectivity index (χ0n) is 13.6. The highest BCUT2D eigenvalue weighted by molar-refractivity contribution is 7.13. The molecule has 0 unspecified atom stereocenters. The Hall–Kier alpha value is -2.68. The van der Waals surface area contributed by atoms with Gasteiger partial charge in [-0.3, -0.25) is 0 Å². The number of oxazole rings is 1. The van der Waals surface area contributed by atoms with Crippen LogP contribution < -0.4 is 10.6 Å². The van der Waals surface area contributed by atoms with Crippen molar-refractivity contribution >= 4 is 17.4 Å². The summed E-state index contributed by atoms with van der Waals surface area (Å²) in [7, 11) is 0. The Bertz CT molecular complexity index is 866. The van der Waals surface area contributed by atoms with Crippen LogP contribution in [-0.2, 0) is 12.1 Å². The third kappa shape index (κ3) is 3.14. The van der Waals surface area contributed by atoms with Crippen molar-refractivity contribution in [1.82, 2.24) is 25.8 Å². The molecule has 2 N–H and O–H groups in total. The van der Waals surface area contributed by atoms with E-state index in [4.69, 9.17) is 8.94 Å². The van der Waals surface area contributed by atoms with Crippen molar-refractivity contribution in [3.63, 3.8) is 0 Å². The lowest BCUT2D eigenvalue weighted by Crippen LogP contribution is -2.54. The van der Waals surface area contributed by atoms with Crippen LogP contribution in [0.4, 0.5) is 4.79 Å².